The first-order valence-corrected chi connectivity index (χ1v) is 17.4. The molecule has 1 atom stereocenters. The van der Waals surface area contributed by atoms with E-state index in [0.717, 1.165) is 4.90 Å². The number of rotatable bonds is 13. The predicted octanol–water partition coefficient (Wildman–Crippen LogP) is 5.97. The van der Waals surface area contributed by atoms with Crippen molar-refractivity contribution < 1.29 is 45.4 Å². The summed E-state index contributed by atoms with van der Waals surface area (Å²) in [7, 11) is -2.46. The number of pyridine rings is 1. The number of likely N-dealkylation sites (N-methyl/N-ethyl adjacent to an activating group) is 1. The topological polar surface area (TPSA) is 150 Å². The number of hydrogen-bond donors (Lipinski definition) is 2. The highest BCUT2D eigenvalue weighted by Crippen LogP contribution is 2.40. The average molecular weight is 715 g/mol. The lowest BCUT2D eigenvalue weighted by Gasteiger charge is -2.37. The molecule has 1 saturated carbocycles. The maximum atomic E-state index is 14.8. The third kappa shape index (κ3) is 7.57. The lowest BCUT2D eigenvalue weighted by molar-refractivity contribution is -0.215. The van der Waals surface area contributed by atoms with Crippen LogP contribution in [0.2, 0.25) is 0 Å². The Morgan fingerprint density at radius 1 is 1.04 bits per heavy atom. The van der Waals surface area contributed by atoms with Gasteiger partial charge in [-0.05, 0) is 93.1 Å². The molecule has 1 amide bonds. The molecule has 3 N–H and O–H groups in total. The molecule has 1 heterocycles. The van der Waals surface area contributed by atoms with Crippen molar-refractivity contribution in [3.8, 4) is 11.5 Å². The van der Waals surface area contributed by atoms with Crippen molar-refractivity contribution >= 4 is 44.0 Å². The normalized spacial score (nSPS) is 14.6. The molecule has 1 aliphatic carbocycles. The Hall–Kier alpha value is -5.05. The number of nitrogens with zero attached hydrogens (tertiary/aromatic N) is 2. The van der Waals surface area contributed by atoms with Gasteiger partial charge in [0.25, 0.3) is 11.6 Å². The van der Waals surface area contributed by atoms with Crippen LogP contribution in [0, 0.1) is 0 Å². The molecule has 5 rings (SSSR count). The smallest absolute Gasteiger partial charge is 0.490 e. The van der Waals surface area contributed by atoms with E-state index in [1.807, 2.05) is 0 Å². The zero-order chi connectivity index (χ0) is 36.4. The highest BCUT2D eigenvalue weighted by molar-refractivity contribution is 7.92. The third-order valence-electron chi connectivity index (χ3n) is 7.90. The van der Waals surface area contributed by atoms with E-state index in [2.05, 4.69) is 10.3 Å². The van der Waals surface area contributed by atoms with Crippen LogP contribution in [-0.2, 0) is 36.4 Å². The monoisotopic (exact) mass is 714 g/mol. The van der Waals surface area contributed by atoms with Gasteiger partial charge >= 0.3 is 12.1 Å². The van der Waals surface area contributed by atoms with Crippen LogP contribution in [0.1, 0.15) is 44.7 Å². The molecule has 0 saturated heterocycles. The number of benzene rings is 3. The van der Waals surface area contributed by atoms with Crippen LogP contribution in [0.3, 0.4) is 0 Å². The van der Waals surface area contributed by atoms with Gasteiger partial charge < -0.3 is 30.2 Å². The Morgan fingerprint density at radius 3 is 2.42 bits per heavy atom. The number of nitrogens with one attached hydrogen (secondary N) is 1. The SMILES string of the molecule is CCOc1cc([C@](Nc2ccc3c(N)nccc3c2)(OC(=O)C(F)(F)F)C(=O)N(C)Cc2ccccc2S(=O)(=O)C2CC2)ccc1OC(C)C. The summed E-state index contributed by atoms with van der Waals surface area (Å²) in [4.78, 5) is 32.6. The third-order valence-corrected chi connectivity index (χ3v) is 10.3. The fourth-order valence-electron chi connectivity index (χ4n) is 5.47. The van der Waals surface area contributed by atoms with Crippen molar-refractivity contribution in [2.75, 3.05) is 24.7 Å². The molecule has 1 aromatic heterocycles. The molecular formula is C35H37F3N4O7S. The van der Waals surface area contributed by atoms with Gasteiger partial charge in [-0.1, -0.05) is 18.2 Å². The van der Waals surface area contributed by atoms with Gasteiger partial charge in [0.05, 0.1) is 22.9 Å². The van der Waals surface area contributed by atoms with E-state index in [1.165, 1.54) is 55.7 Å². The molecule has 0 radical (unpaired) electrons. The van der Waals surface area contributed by atoms with Crippen molar-refractivity contribution in [1.29, 1.82) is 0 Å². The summed E-state index contributed by atoms with van der Waals surface area (Å²) >= 11 is 0. The van der Waals surface area contributed by atoms with Gasteiger partial charge in [-0.25, -0.2) is 18.2 Å². The van der Waals surface area contributed by atoms with Crippen molar-refractivity contribution in [2.45, 2.75) is 68.3 Å². The lowest BCUT2D eigenvalue weighted by atomic mass is 9.98. The molecule has 3 aromatic carbocycles. The number of carbonyl (C=O) groups is 2. The molecular weight excluding hydrogens is 677 g/mol. The van der Waals surface area contributed by atoms with Gasteiger partial charge in [-0.3, -0.25) is 4.79 Å². The van der Waals surface area contributed by atoms with Gasteiger partial charge in [0, 0.05) is 36.4 Å². The average Bonchev–Trinajstić information content (AvgIpc) is 3.91. The maximum absolute atomic E-state index is 14.8. The second kappa shape index (κ2) is 14.1. The molecule has 0 aliphatic heterocycles. The maximum Gasteiger partial charge on any atom is 0.491 e. The molecule has 11 nitrogen and oxygen atoms in total. The van der Waals surface area contributed by atoms with Crippen LogP contribution in [0.4, 0.5) is 24.7 Å². The zero-order valence-corrected chi connectivity index (χ0v) is 28.6. The molecule has 1 aliphatic rings. The van der Waals surface area contributed by atoms with Crippen LogP contribution in [0.15, 0.2) is 77.8 Å². The molecule has 50 heavy (non-hydrogen) atoms. The second-order valence-electron chi connectivity index (χ2n) is 12.1. The Morgan fingerprint density at radius 2 is 1.76 bits per heavy atom. The summed E-state index contributed by atoms with van der Waals surface area (Å²) in [5.74, 6) is -3.31. The molecule has 266 valence electrons. The number of fused-ring (bicyclic) bond motifs is 1. The number of anilines is 2. The first kappa shape index (κ1) is 36.2. The van der Waals surface area contributed by atoms with Crippen molar-refractivity contribution in [3.05, 3.63) is 84.1 Å². The number of ether oxygens (including phenoxy) is 3. The number of hydrogen-bond acceptors (Lipinski definition) is 10. The summed E-state index contributed by atoms with van der Waals surface area (Å²) in [5.41, 5.74) is 3.20. The van der Waals surface area contributed by atoms with Crippen LogP contribution in [-0.4, -0.2) is 61.4 Å². The number of halogens is 3. The first-order chi connectivity index (χ1) is 23.6. The largest absolute Gasteiger partial charge is 0.491 e. The minimum absolute atomic E-state index is 0.00235. The quantitative estimate of drug-likeness (QED) is 0.125. The first-order valence-electron chi connectivity index (χ1n) is 15.8. The van der Waals surface area contributed by atoms with E-state index in [9.17, 15) is 31.2 Å². The molecule has 0 spiro atoms. The summed E-state index contributed by atoms with van der Waals surface area (Å²) in [6.45, 7) is 4.98. The number of esters is 1. The molecule has 15 heteroatoms. The van der Waals surface area contributed by atoms with Gasteiger partial charge in [0.2, 0.25) is 0 Å². The fourth-order valence-corrected chi connectivity index (χ4v) is 7.35. The van der Waals surface area contributed by atoms with Crippen LogP contribution in [0.5, 0.6) is 11.5 Å². The second-order valence-corrected chi connectivity index (χ2v) is 14.3. The minimum atomic E-state index is -5.51. The highest BCUT2D eigenvalue weighted by Gasteiger charge is 2.53. The summed E-state index contributed by atoms with van der Waals surface area (Å²) in [6.07, 6.45) is -3.39. The Bertz CT molecular complexity index is 2020. The number of aromatic nitrogens is 1. The van der Waals surface area contributed by atoms with E-state index in [-0.39, 0.29) is 58.3 Å². The standard InChI is InChI=1S/C35H37F3N4O7S/c1-5-47-29-19-24(10-15-28(29)48-21(2)3)34(49-33(44)35(36,37)38,41-25-11-14-27-22(18-25)16-17-40-31(27)39)32(43)42(4)20-23-8-6-7-9-30(23)50(45,46)26-12-13-26/h6-11,14-19,21,26,41H,5,12-13,20H2,1-4H3,(H2,39,40)/t34-/m0/s1. The Kier molecular flexibility index (Phi) is 10.2. The predicted molar refractivity (Wildman–Crippen MR) is 180 cm³/mol. The summed E-state index contributed by atoms with van der Waals surface area (Å²) in [5, 5.41) is 3.28. The summed E-state index contributed by atoms with van der Waals surface area (Å²) < 4.78 is 85.4. The molecule has 0 unspecified atom stereocenters. The highest BCUT2D eigenvalue weighted by atomic mass is 32.2. The Labute approximate surface area is 287 Å². The zero-order valence-electron chi connectivity index (χ0n) is 27.8. The van der Waals surface area contributed by atoms with Crippen molar-refractivity contribution in [1.82, 2.24) is 9.88 Å². The van der Waals surface area contributed by atoms with E-state index < -0.39 is 38.9 Å². The van der Waals surface area contributed by atoms with E-state index in [1.54, 1.807) is 45.0 Å². The van der Waals surface area contributed by atoms with E-state index in [0.29, 0.717) is 23.6 Å². The minimum Gasteiger partial charge on any atom is -0.490 e. The van der Waals surface area contributed by atoms with Gasteiger partial charge in [-0.2, -0.15) is 13.2 Å². The lowest BCUT2D eigenvalue weighted by Crippen LogP contribution is -2.54. The number of carbonyl (C=O) groups excluding carboxylic acids is 2. The molecule has 4 aromatic rings. The molecule has 1 fully saturated rings. The number of amides is 1. The number of nitrogen functional groups attached to an aromatic ring is 1. The number of nitrogens with two attached hydrogens (primary N) is 1. The fraction of sp³-hybridized carbons (Fsp3) is 0.343. The Balaban J connectivity index is 1.70. The van der Waals surface area contributed by atoms with Crippen LogP contribution >= 0.6 is 0 Å². The van der Waals surface area contributed by atoms with Crippen LogP contribution < -0.4 is 20.5 Å². The van der Waals surface area contributed by atoms with Crippen molar-refractivity contribution in [3.63, 3.8) is 0 Å². The van der Waals surface area contributed by atoms with E-state index >= 15 is 0 Å². The van der Waals surface area contributed by atoms with Gasteiger partial charge in [0.1, 0.15) is 5.82 Å². The van der Waals surface area contributed by atoms with Crippen LogP contribution in [0.25, 0.3) is 10.8 Å². The van der Waals surface area contributed by atoms with Crippen molar-refractivity contribution in [2.24, 2.45) is 0 Å². The van der Waals surface area contributed by atoms with Gasteiger partial charge in [0.15, 0.2) is 21.3 Å². The summed E-state index contributed by atoms with van der Waals surface area (Å²) in [6, 6.07) is 16.1. The van der Waals surface area contributed by atoms with Gasteiger partial charge in [-0.15, -0.1) is 0 Å². The molecule has 0 bridgehead atoms. The number of sulfone groups is 1. The van der Waals surface area contributed by atoms with E-state index in [4.69, 9.17) is 19.9 Å². The number of alkyl halides is 3.